The Hall–Kier alpha value is -0.0400. The van der Waals surface area contributed by atoms with Gasteiger partial charge in [-0.25, -0.2) is 0 Å². The van der Waals surface area contributed by atoms with E-state index in [0.717, 1.165) is 17.8 Å². The molecular weight excluding hydrogens is 194 g/mol. The summed E-state index contributed by atoms with van der Waals surface area (Å²) < 4.78 is 0. The van der Waals surface area contributed by atoms with Crippen LogP contribution in [0.15, 0.2) is 0 Å². The maximum absolute atomic E-state index is 3.63. The van der Waals surface area contributed by atoms with Gasteiger partial charge in [-0.3, -0.25) is 0 Å². The van der Waals surface area contributed by atoms with Crippen LogP contribution in [0.4, 0.5) is 0 Å². The molecule has 16 heavy (non-hydrogen) atoms. The second-order valence-electron chi connectivity index (χ2n) is 6.02. The Bertz CT molecular complexity index is 167. The maximum Gasteiger partial charge on any atom is -0.00232 e. The summed E-state index contributed by atoms with van der Waals surface area (Å²) >= 11 is 0. The molecule has 96 valence electrons. The number of hydrogen-bond donors (Lipinski definition) is 1. The predicted molar refractivity (Wildman–Crippen MR) is 72.7 cm³/mol. The van der Waals surface area contributed by atoms with Crippen molar-refractivity contribution in [2.45, 2.75) is 65.7 Å². The van der Waals surface area contributed by atoms with Gasteiger partial charge in [-0.1, -0.05) is 46.5 Å². The van der Waals surface area contributed by atoms with Crippen LogP contribution in [-0.4, -0.2) is 13.1 Å². The number of hydrogen-bond acceptors (Lipinski definition) is 1. The van der Waals surface area contributed by atoms with Crippen molar-refractivity contribution in [3.8, 4) is 0 Å². The highest BCUT2D eigenvalue weighted by atomic mass is 14.8. The van der Waals surface area contributed by atoms with E-state index >= 15 is 0 Å². The second-order valence-corrected chi connectivity index (χ2v) is 6.02. The van der Waals surface area contributed by atoms with Crippen LogP contribution in [0.25, 0.3) is 0 Å². The molecule has 0 heterocycles. The molecule has 0 aromatic carbocycles. The normalized spacial score (nSPS) is 27.9. The van der Waals surface area contributed by atoms with Crippen molar-refractivity contribution < 1.29 is 0 Å². The van der Waals surface area contributed by atoms with Gasteiger partial charge < -0.3 is 5.32 Å². The molecule has 1 heteroatoms. The lowest BCUT2D eigenvalue weighted by Gasteiger charge is -2.26. The van der Waals surface area contributed by atoms with Crippen molar-refractivity contribution in [2.24, 2.45) is 17.8 Å². The molecular formula is C15H31N. The molecule has 0 bridgehead atoms. The summed E-state index contributed by atoms with van der Waals surface area (Å²) in [7, 11) is 0. The highest BCUT2D eigenvalue weighted by molar-refractivity contribution is 4.71. The van der Waals surface area contributed by atoms with Gasteiger partial charge in [0.05, 0.1) is 0 Å². The van der Waals surface area contributed by atoms with Gasteiger partial charge in [-0.15, -0.1) is 0 Å². The second kappa shape index (κ2) is 8.11. The van der Waals surface area contributed by atoms with Gasteiger partial charge in [0.25, 0.3) is 0 Å². The highest BCUT2D eigenvalue weighted by Gasteiger charge is 2.18. The largest absolute Gasteiger partial charge is 0.316 e. The molecule has 0 spiro atoms. The van der Waals surface area contributed by atoms with Gasteiger partial charge in [0.1, 0.15) is 0 Å². The van der Waals surface area contributed by atoms with Crippen molar-refractivity contribution in [2.75, 3.05) is 13.1 Å². The van der Waals surface area contributed by atoms with E-state index in [-0.39, 0.29) is 0 Å². The van der Waals surface area contributed by atoms with Crippen molar-refractivity contribution in [1.29, 1.82) is 0 Å². The number of rotatable bonds is 7. The van der Waals surface area contributed by atoms with Gasteiger partial charge in [-0.2, -0.15) is 0 Å². The van der Waals surface area contributed by atoms with Crippen molar-refractivity contribution in [1.82, 2.24) is 5.32 Å². The van der Waals surface area contributed by atoms with Gasteiger partial charge in [0.2, 0.25) is 0 Å². The SMILES string of the molecule is CCCC(C)CNCCC1CCCC(C)C1. The molecule has 3 atom stereocenters. The zero-order valence-electron chi connectivity index (χ0n) is 11.6. The third-order valence-electron chi connectivity index (χ3n) is 4.05. The average molecular weight is 225 g/mol. The van der Waals surface area contributed by atoms with Crippen molar-refractivity contribution >= 4 is 0 Å². The Morgan fingerprint density at radius 2 is 2.12 bits per heavy atom. The van der Waals surface area contributed by atoms with E-state index in [2.05, 4.69) is 26.1 Å². The summed E-state index contributed by atoms with van der Waals surface area (Å²) in [6, 6.07) is 0. The zero-order chi connectivity index (χ0) is 11.8. The summed E-state index contributed by atoms with van der Waals surface area (Å²) in [4.78, 5) is 0. The summed E-state index contributed by atoms with van der Waals surface area (Å²) in [6.07, 6.45) is 10.00. The lowest BCUT2D eigenvalue weighted by atomic mass is 9.81. The lowest BCUT2D eigenvalue weighted by Crippen LogP contribution is -2.25. The number of nitrogens with one attached hydrogen (secondary N) is 1. The van der Waals surface area contributed by atoms with Crippen LogP contribution in [0, 0.1) is 17.8 Å². The monoisotopic (exact) mass is 225 g/mol. The minimum atomic E-state index is 0.857. The van der Waals surface area contributed by atoms with E-state index < -0.39 is 0 Å². The molecule has 0 aliphatic heterocycles. The molecule has 1 saturated carbocycles. The Morgan fingerprint density at radius 3 is 2.81 bits per heavy atom. The predicted octanol–water partition coefficient (Wildman–Crippen LogP) is 4.23. The summed E-state index contributed by atoms with van der Waals surface area (Å²) in [6.45, 7) is 9.52. The standard InChI is InChI=1S/C15H31N/c1-4-6-14(3)12-16-10-9-15-8-5-7-13(2)11-15/h13-16H,4-12H2,1-3H3. The smallest absolute Gasteiger partial charge is 0.00232 e. The maximum atomic E-state index is 3.63. The van der Waals surface area contributed by atoms with Gasteiger partial charge in [0.15, 0.2) is 0 Å². The first-order valence-electron chi connectivity index (χ1n) is 7.43. The fourth-order valence-electron chi connectivity index (χ4n) is 3.07. The van der Waals surface area contributed by atoms with Crippen LogP contribution < -0.4 is 5.32 Å². The third-order valence-corrected chi connectivity index (χ3v) is 4.05. The van der Waals surface area contributed by atoms with Crippen molar-refractivity contribution in [3.05, 3.63) is 0 Å². The summed E-state index contributed by atoms with van der Waals surface area (Å²) in [5.74, 6) is 2.85. The highest BCUT2D eigenvalue weighted by Crippen LogP contribution is 2.30. The van der Waals surface area contributed by atoms with Crippen molar-refractivity contribution in [3.63, 3.8) is 0 Å². The molecule has 0 radical (unpaired) electrons. The Morgan fingerprint density at radius 1 is 1.31 bits per heavy atom. The topological polar surface area (TPSA) is 12.0 Å². The van der Waals surface area contributed by atoms with Gasteiger partial charge in [-0.05, 0) is 50.1 Å². The van der Waals surface area contributed by atoms with E-state index in [4.69, 9.17) is 0 Å². The van der Waals surface area contributed by atoms with E-state index in [1.54, 1.807) is 0 Å². The Kier molecular flexibility index (Phi) is 7.11. The van der Waals surface area contributed by atoms with E-state index in [0.29, 0.717) is 0 Å². The Labute approximate surface area is 102 Å². The molecule has 1 aliphatic carbocycles. The molecule has 1 rings (SSSR count). The lowest BCUT2D eigenvalue weighted by molar-refractivity contribution is 0.266. The molecule has 0 aromatic heterocycles. The fourth-order valence-corrected chi connectivity index (χ4v) is 3.07. The average Bonchev–Trinajstić information content (AvgIpc) is 2.25. The minimum absolute atomic E-state index is 0.857. The molecule has 0 aromatic rings. The summed E-state index contributed by atoms with van der Waals surface area (Å²) in [5.41, 5.74) is 0. The zero-order valence-corrected chi connectivity index (χ0v) is 11.6. The quantitative estimate of drug-likeness (QED) is 0.639. The fraction of sp³-hybridized carbons (Fsp3) is 1.00. The first kappa shape index (κ1) is 14.0. The minimum Gasteiger partial charge on any atom is -0.316 e. The third kappa shape index (κ3) is 5.89. The first-order valence-corrected chi connectivity index (χ1v) is 7.43. The van der Waals surface area contributed by atoms with Crippen LogP contribution >= 0.6 is 0 Å². The van der Waals surface area contributed by atoms with E-state index in [1.165, 1.54) is 58.0 Å². The molecule has 1 aliphatic rings. The van der Waals surface area contributed by atoms with Crippen LogP contribution in [0.5, 0.6) is 0 Å². The van der Waals surface area contributed by atoms with E-state index in [9.17, 15) is 0 Å². The first-order chi connectivity index (χ1) is 7.72. The van der Waals surface area contributed by atoms with Crippen LogP contribution in [-0.2, 0) is 0 Å². The molecule has 1 nitrogen and oxygen atoms in total. The molecule has 1 N–H and O–H groups in total. The van der Waals surface area contributed by atoms with Crippen LogP contribution in [0.2, 0.25) is 0 Å². The molecule has 3 unspecified atom stereocenters. The van der Waals surface area contributed by atoms with Crippen LogP contribution in [0.3, 0.4) is 0 Å². The van der Waals surface area contributed by atoms with Crippen LogP contribution in [0.1, 0.15) is 65.7 Å². The molecule has 1 fully saturated rings. The molecule has 0 saturated heterocycles. The summed E-state index contributed by atoms with van der Waals surface area (Å²) in [5, 5.41) is 3.63. The van der Waals surface area contributed by atoms with Gasteiger partial charge in [0, 0.05) is 0 Å². The van der Waals surface area contributed by atoms with E-state index in [1.807, 2.05) is 0 Å². The Balaban J connectivity index is 1.98. The molecule has 0 amide bonds. The van der Waals surface area contributed by atoms with Gasteiger partial charge >= 0.3 is 0 Å².